The minimum absolute atomic E-state index is 0.337. The quantitative estimate of drug-likeness (QED) is 0.710. The van der Waals surface area contributed by atoms with Crippen LogP contribution in [0.5, 0.6) is 0 Å². The van der Waals surface area contributed by atoms with E-state index in [2.05, 4.69) is 0 Å². The van der Waals surface area contributed by atoms with Gasteiger partial charge in [0.05, 0.1) is 12.6 Å². The van der Waals surface area contributed by atoms with E-state index < -0.39 is 11.6 Å². The van der Waals surface area contributed by atoms with Crippen LogP contribution >= 0.6 is 0 Å². The molecule has 0 bridgehead atoms. The normalized spacial score (nSPS) is 10.3. The fourth-order valence-electron chi connectivity index (χ4n) is 1.21. The third kappa shape index (κ3) is 3.64. The van der Waals surface area contributed by atoms with Crippen LogP contribution in [0.1, 0.15) is 5.56 Å². The van der Waals surface area contributed by atoms with Crippen molar-refractivity contribution in [2.75, 3.05) is 20.1 Å². The molecule has 0 fully saturated rings. The summed E-state index contributed by atoms with van der Waals surface area (Å²) in [7, 11) is 1.81. The number of hydrogen-bond acceptors (Lipinski definition) is 2. The predicted molar refractivity (Wildman–Crippen MR) is 53.2 cm³/mol. The molecule has 4 heteroatoms. The van der Waals surface area contributed by atoms with E-state index in [1.807, 2.05) is 18.0 Å². The summed E-state index contributed by atoms with van der Waals surface area (Å²) in [5.74, 6) is -1.65. The second-order valence-corrected chi connectivity index (χ2v) is 3.39. The summed E-state index contributed by atoms with van der Waals surface area (Å²) in [5, 5.41) is 8.41. The van der Waals surface area contributed by atoms with Crippen molar-refractivity contribution in [3.05, 3.63) is 35.4 Å². The molecule has 1 aromatic rings. The van der Waals surface area contributed by atoms with E-state index in [1.165, 1.54) is 6.07 Å². The van der Waals surface area contributed by atoms with E-state index in [1.54, 1.807) is 6.07 Å². The van der Waals surface area contributed by atoms with E-state index in [4.69, 9.17) is 5.26 Å². The minimum atomic E-state index is -0.830. The summed E-state index contributed by atoms with van der Waals surface area (Å²) in [6.07, 6.45) is 0.607. The molecule has 0 aromatic heterocycles. The van der Waals surface area contributed by atoms with Crippen molar-refractivity contribution in [2.45, 2.75) is 6.42 Å². The molecule has 0 radical (unpaired) electrons. The summed E-state index contributed by atoms with van der Waals surface area (Å²) in [4.78, 5) is 1.82. The molecule has 0 amide bonds. The maximum atomic E-state index is 12.8. The molecule has 1 rings (SSSR count). The zero-order valence-electron chi connectivity index (χ0n) is 8.50. The highest BCUT2D eigenvalue weighted by atomic mass is 19.2. The zero-order valence-corrected chi connectivity index (χ0v) is 8.50. The fourth-order valence-corrected chi connectivity index (χ4v) is 1.21. The molecule has 0 aliphatic rings. The smallest absolute Gasteiger partial charge is 0.159 e. The lowest BCUT2D eigenvalue weighted by atomic mass is 10.1. The van der Waals surface area contributed by atoms with E-state index in [0.717, 1.165) is 11.6 Å². The van der Waals surface area contributed by atoms with E-state index in [-0.39, 0.29) is 0 Å². The molecule has 0 saturated heterocycles. The van der Waals surface area contributed by atoms with Crippen LogP contribution in [0.2, 0.25) is 0 Å². The Labute approximate surface area is 87.7 Å². The molecule has 0 aliphatic carbocycles. The molecule has 0 atom stereocenters. The Balaban J connectivity index is 2.51. The minimum Gasteiger partial charge on any atom is -0.293 e. The standard InChI is InChI=1S/C11H12F2N2/c1-15(7-5-14)6-4-9-2-3-10(12)11(13)8-9/h2-3,8H,4,6-7H2,1H3. The number of likely N-dealkylation sites (N-methyl/N-ethyl adjacent to an activating group) is 1. The Morgan fingerprint density at radius 2 is 2.07 bits per heavy atom. The van der Waals surface area contributed by atoms with Crippen LogP contribution in [0.4, 0.5) is 8.78 Å². The summed E-state index contributed by atoms with van der Waals surface area (Å²) >= 11 is 0. The first-order chi connectivity index (χ1) is 7.13. The first kappa shape index (κ1) is 11.6. The Morgan fingerprint density at radius 1 is 1.33 bits per heavy atom. The molecule has 0 spiro atoms. The van der Waals surface area contributed by atoms with Gasteiger partial charge in [-0.05, 0) is 31.2 Å². The SMILES string of the molecule is CN(CC#N)CCc1ccc(F)c(F)c1. The number of nitriles is 1. The summed E-state index contributed by atoms with van der Waals surface area (Å²) < 4.78 is 25.4. The van der Waals surface area contributed by atoms with Gasteiger partial charge in [0, 0.05) is 6.54 Å². The molecule has 0 aliphatic heterocycles. The van der Waals surface area contributed by atoms with Crippen molar-refractivity contribution in [1.29, 1.82) is 5.26 Å². The second kappa shape index (κ2) is 5.42. The maximum absolute atomic E-state index is 12.8. The Kier molecular flexibility index (Phi) is 4.19. The summed E-state index contributed by atoms with van der Waals surface area (Å²) in [6.45, 7) is 0.988. The van der Waals surface area contributed by atoms with Crippen LogP contribution in [0, 0.1) is 23.0 Å². The average molecular weight is 210 g/mol. The van der Waals surface area contributed by atoms with Gasteiger partial charge in [0.1, 0.15) is 0 Å². The van der Waals surface area contributed by atoms with E-state index in [9.17, 15) is 8.78 Å². The van der Waals surface area contributed by atoms with E-state index in [0.29, 0.717) is 19.5 Å². The van der Waals surface area contributed by atoms with Crippen molar-refractivity contribution in [2.24, 2.45) is 0 Å². The summed E-state index contributed by atoms with van der Waals surface area (Å²) in [6, 6.07) is 5.88. The molecule has 0 N–H and O–H groups in total. The van der Waals surface area contributed by atoms with Crippen LogP contribution < -0.4 is 0 Å². The number of nitrogens with zero attached hydrogens (tertiary/aromatic N) is 2. The predicted octanol–water partition coefficient (Wildman–Crippen LogP) is 1.96. The molecule has 0 heterocycles. The Hall–Kier alpha value is -1.47. The number of hydrogen-bond donors (Lipinski definition) is 0. The third-order valence-electron chi connectivity index (χ3n) is 2.11. The monoisotopic (exact) mass is 210 g/mol. The lowest BCUT2D eigenvalue weighted by Gasteiger charge is -2.11. The molecule has 1 aromatic carbocycles. The van der Waals surface area contributed by atoms with Crippen molar-refractivity contribution in [1.82, 2.24) is 4.90 Å². The van der Waals surface area contributed by atoms with Gasteiger partial charge in [-0.2, -0.15) is 5.26 Å². The van der Waals surface area contributed by atoms with Crippen LogP contribution in [0.25, 0.3) is 0 Å². The molecule has 0 saturated carbocycles. The zero-order chi connectivity index (χ0) is 11.3. The van der Waals surface area contributed by atoms with Crippen molar-refractivity contribution < 1.29 is 8.78 Å². The summed E-state index contributed by atoms with van der Waals surface area (Å²) in [5.41, 5.74) is 0.735. The molecule has 0 unspecified atom stereocenters. The Morgan fingerprint density at radius 3 is 2.67 bits per heavy atom. The van der Waals surface area contributed by atoms with Gasteiger partial charge in [0.25, 0.3) is 0 Å². The first-order valence-corrected chi connectivity index (χ1v) is 4.63. The lowest BCUT2D eigenvalue weighted by molar-refractivity contribution is 0.378. The molecular weight excluding hydrogens is 198 g/mol. The van der Waals surface area contributed by atoms with Gasteiger partial charge in [0.2, 0.25) is 0 Å². The van der Waals surface area contributed by atoms with Gasteiger partial charge < -0.3 is 0 Å². The van der Waals surface area contributed by atoms with Gasteiger partial charge in [-0.25, -0.2) is 8.78 Å². The van der Waals surface area contributed by atoms with Gasteiger partial charge in [-0.3, -0.25) is 4.90 Å². The third-order valence-corrected chi connectivity index (χ3v) is 2.11. The van der Waals surface area contributed by atoms with Crippen molar-refractivity contribution in [3.63, 3.8) is 0 Å². The second-order valence-electron chi connectivity index (χ2n) is 3.39. The molecule has 2 nitrogen and oxygen atoms in total. The highest BCUT2D eigenvalue weighted by Gasteiger charge is 2.03. The van der Waals surface area contributed by atoms with Crippen LogP contribution in [0.15, 0.2) is 18.2 Å². The van der Waals surface area contributed by atoms with E-state index >= 15 is 0 Å². The topological polar surface area (TPSA) is 27.0 Å². The van der Waals surface area contributed by atoms with Crippen LogP contribution in [0.3, 0.4) is 0 Å². The van der Waals surface area contributed by atoms with Gasteiger partial charge in [-0.15, -0.1) is 0 Å². The number of halogens is 2. The van der Waals surface area contributed by atoms with Gasteiger partial charge in [-0.1, -0.05) is 6.07 Å². The highest BCUT2D eigenvalue weighted by molar-refractivity contribution is 5.18. The molecular formula is C11H12F2N2. The van der Waals surface area contributed by atoms with Crippen LogP contribution in [-0.4, -0.2) is 25.0 Å². The van der Waals surface area contributed by atoms with Crippen molar-refractivity contribution >= 4 is 0 Å². The maximum Gasteiger partial charge on any atom is 0.159 e. The Bertz CT molecular complexity index is 371. The van der Waals surface area contributed by atoms with Crippen molar-refractivity contribution in [3.8, 4) is 6.07 Å². The van der Waals surface area contributed by atoms with Gasteiger partial charge in [0.15, 0.2) is 11.6 Å². The molecule has 15 heavy (non-hydrogen) atoms. The van der Waals surface area contributed by atoms with Crippen LogP contribution in [-0.2, 0) is 6.42 Å². The largest absolute Gasteiger partial charge is 0.293 e. The first-order valence-electron chi connectivity index (χ1n) is 4.63. The number of benzene rings is 1. The lowest BCUT2D eigenvalue weighted by Crippen LogP contribution is -2.21. The van der Waals surface area contributed by atoms with Gasteiger partial charge >= 0.3 is 0 Å². The average Bonchev–Trinajstić information content (AvgIpc) is 2.20. The molecule has 80 valence electrons. The fraction of sp³-hybridized carbons (Fsp3) is 0.364. The highest BCUT2D eigenvalue weighted by Crippen LogP contribution is 2.09. The number of rotatable bonds is 4.